The summed E-state index contributed by atoms with van der Waals surface area (Å²) < 4.78 is 36.7. The molecule has 1 aliphatic rings. The fraction of sp³-hybridized carbons (Fsp3) is 0.636. The fourth-order valence-corrected chi connectivity index (χ4v) is 2.84. The molecule has 0 radical (unpaired) electrons. The predicted molar refractivity (Wildman–Crippen MR) is 66.8 cm³/mol. The molecule has 106 valence electrons. The molecule has 4 nitrogen and oxygen atoms in total. The zero-order valence-corrected chi connectivity index (χ0v) is 11.2. The SMILES string of the molecule is CC(=O)c1csc(N2CCN(CC(F)(F)F)CC2)n1. The van der Waals surface area contributed by atoms with E-state index in [2.05, 4.69) is 4.98 Å². The monoisotopic (exact) mass is 293 g/mol. The molecule has 0 unspecified atom stereocenters. The number of ketones is 1. The first-order valence-electron chi connectivity index (χ1n) is 5.86. The molecule has 1 aromatic rings. The molecule has 0 spiro atoms. The number of Topliss-reactive ketones (excluding diaryl/α,β-unsaturated/α-hetero) is 1. The van der Waals surface area contributed by atoms with Gasteiger partial charge >= 0.3 is 6.18 Å². The molecule has 1 saturated heterocycles. The van der Waals surface area contributed by atoms with Gasteiger partial charge in [-0.2, -0.15) is 13.2 Å². The molecule has 1 aromatic heterocycles. The number of carbonyl (C=O) groups excluding carboxylic acids is 1. The van der Waals surface area contributed by atoms with Gasteiger partial charge in [0, 0.05) is 38.5 Å². The van der Waals surface area contributed by atoms with Gasteiger partial charge in [0.25, 0.3) is 0 Å². The number of piperazine rings is 1. The fourth-order valence-electron chi connectivity index (χ4n) is 1.92. The lowest BCUT2D eigenvalue weighted by molar-refractivity contribution is -0.146. The van der Waals surface area contributed by atoms with Crippen LogP contribution in [0.3, 0.4) is 0 Å². The van der Waals surface area contributed by atoms with Crippen LogP contribution in [0.1, 0.15) is 17.4 Å². The number of rotatable bonds is 3. The van der Waals surface area contributed by atoms with Crippen molar-refractivity contribution in [3.05, 3.63) is 11.1 Å². The largest absolute Gasteiger partial charge is 0.401 e. The quantitative estimate of drug-likeness (QED) is 0.799. The lowest BCUT2D eigenvalue weighted by Gasteiger charge is -2.34. The van der Waals surface area contributed by atoms with Crippen LogP contribution in [0.4, 0.5) is 18.3 Å². The molecule has 0 bridgehead atoms. The Morgan fingerprint density at radius 1 is 1.37 bits per heavy atom. The maximum Gasteiger partial charge on any atom is 0.401 e. The standard InChI is InChI=1S/C11H14F3N3OS/c1-8(18)9-6-19-10(15-9)17-4-2-16(3-5-17)7-11(12,13)14/h6H,2-5,7H2,1H3. The van der Waals surface area contributed by atoms with E-state index < -0.39 is 12.7 Å². The van der Waals surface area contributed by atoms with Gasteiger partial charge in [0.2, 0.25) is 0 Å². The summed E-state index contributed by atoms with van der Waals surface area (Å²) >= 11 is 1.35. The Balaban J connectivity index is 1.90. The van der Waals surface area contributed by atoms with Gasteiger partial charge in [-0.25, -0.2) is 4.98 Å². The maximum atomic E-state index is 12.2. The van der Waals surface area contributed by atoms with Gasteiger partial charge in [0.1, 0.15) is 5.69 Å². The number of halogens is 3. The van der Waals surface area contributed by atoms with Crippen LogP contribution in [-0.2, 0) is 0 Å². The zero-order chi connectivity index (χ0) is 14.0. The minimum Gasteiger partial charge on any atom is -0.346 e. The van der Waals surface area contributed by atoms with E-state index in [0.717, 1.165) is 0 Å². The smallest absolute Gasteiger partial charge is 0.346 e. The molecule has 0 aliphatic carbocycles. The molecule has 0 aromatic carbocycles. The highest BCUT2D eigenvalue weighted by atomic mass is 32.1. The van der Waals surface area contributed by atoms with E-state index in [-0.39, 0.29) is 5.78 Å². The summed E-state index contributed by atoms with van der Waals surface area (Å²) in [4.78, 5) is 18.6. The number of hydrogen-bond acceptors (Lipinski definition) is 5. The summed E-state index contributed by atoms with van der Waals surface area (Å²) in [6.45, 7) is 2.29. The van der Waals surface area contributed by atoms with Gasteiger partial charge in [-0.15, -0.1) is 11.3 Å². The molecule has 0 atom stereocenters. The minimum atomic E-state index is -4.15. The van der Waals surface area contributed by atoms with Crippen LogP contribution in [0.2, 0.25) is 0 Å². The van der Waals surface area contributed by atoms with Crippen LogP contribution in [0.15, 0.2) is 5.38 Å². The summed E-state index contributed by atoms with van der Waals surface area (Å²) in [5.41, 5.74) is 0.415. The number of alkyl halides is 3. The van der Waals surface area contributed by atoms with Crippen molar-refractivity contribution in [1.82, 2.24) is 9.88 Å². The first kappa shape index (κ1) is 14.3. The Bertz CT molecular complexity index is 452. The average Bonchev–Trinajstić information content (AvgIpc) is 2.77. The van der Waals surface area contributed by atoms with E-state index in [4.69, 9.17) is 0 Å². The van der Waals surface area contributed by atoms with Gasteiger partial charge in [0.15, 0.2) is 10.9 Å². The number of aromatic nitrogens is 1. The summed E-state index contributed by atoms with van der Waals surface area (Å²) in [5.74, 6) is -0.0989. The topological polar surface area (TPSA) is 36.4 Å². The van der Waals surface area contributed by atoms with Crippen molar-refractivity contribution in [2.45, 2.75) is 13.1 Å². The van der Waals surface area contributed by atoms with Crippen molar-refractivity contribution in [2.24, 2.45) is 0 Å². The van der Waals surface area contributed by atoms with Gasteiger partial charge in [-0.1, -0.05) is 0 Å². The van der Waals surface area contributed by atoms with Gasteiger partial charge < -0.3 is 4.90 Å². The second-order valence-corrected chi connectivity index (χ2v) is 5.29. The van der Waals surface area contributed by atoms with Crippen molar-refractivity contribution >= 4 is 22.3 Å². The van der Waals surface area contributed by atoms with Crippen LogP contribution < -0.4 is 4.90 Å². The first-order chi connectivity index (χ1) is 8.85. The summed E-state index contributed by atoms with van der Waals surface area (Å²) in [7, 11) is 0. The predicted octanol–water partition coefficient (Wildman–Crippen LogP) is 2.03. The second kappa shape index (κ2) is 5.46. The van der Waals surface area contributed by atoms with E-state index in [1.165, 1.54) is 23.2 Å². The third kappa shape index (κ3) is 3.90. The molecule has 19 heavy (non-hydrogen) atoms. The Kier molecular flexibility index (Phi) is 4.10. The number of nitrogens with zero attached hydrogens (tertiary/aromatic N) is 3. The minimum absolute atomic E-state index is 0.0989. The van der Waals surface area contributed by atoms with Crippen molar-refractivity contribution in [3.63, 3.8) is 0 Å². The summed E-state index contributed by atoms with van der Waals surface area (Å²) in [5, 5.41) is 2.39. The van der Waals surface area contributed by atoms with E-state index >= 15 is 0 Å². The third-order valence-electron chi connectivity index (χ3n) is 2.90. The molecule has 1 aliphatic heterocycles. The van der Waals surface area contributed by atoms with E-state index in [1.807, 2.05) is 4.90 Å². The molecular weight excluding hydrogens is 279 g/mol. The van der Waals surface area contributed by atoms with Crippen molar-refractivity contribution < 1.29 is 18.0 Å². The molecule has 8 heteroatoms. The van der Waals surface area contributed by atoms with Crippen molar-refractivity contribution in [3.8, 4) is 0 Å². The lowest BCUT2D eigenvalue weighted by Crippen LogP contribution is -2.49. The molecule has 0 amide bonds. The van der Waals surface area contributed by atoms with Crippen molar-refractivity contribution in [2.75, 3.05) is 37.6 Å². The van der Waals surface area contributed by atoms with E-state index in [1.54, 1.807) is 5.38 Å². The Hall–Kier alpha value is -1.15. The van der Waals surface area contributed by atoms with Crippen LogP contribution >= 0.6 is 11.3 Å². The van der Waals surface area contributed by atoms with E-state index in [9.17, 15) is 18.0 Å². The van der Waals surface area contributed by atoms with Crippen LogP contribution in [0, 0.1) is 0 Å². The highest BCUT2D eigenvalue weighted by Gasteiger charge is 2.32. The third-order valence-corrected chi connectivity index (χ3v) is 3.80. The Labute approximate surface area is 112 Å². The molecular formula is C11H14F3N3OS. The Morgan fingerprint density at radius 2 is 2.00 bits per heavy atom. The van der Waals surface area contributed by atoms with E-state index in [0.29, 0.717) is 37.0 Å². The van der Waals surface area contributed by atoms with Crippen LogP contribution in [-0.4, -0.2) is 54.6 Å². The summed E-state index contributed by atoms with van der Waals surface area (Å²) in [6, 6.07) is 0. The molecule has 0 N–H and O–H groups in total. The summed E-state index contributed by atoms with van der Waals surface area (Å²) in [6.07, 6.45) is -4.15. The average molecular weight is 293 g/mol. The number of thiazole rings is 1. The number of carbonyl (C=O) groups is 1. The van der Waals surface area contributed by atoms with Crippen LogP contribution in [0.25, 0.3) is 0 Å². The molecule has 2 heterocycles. The Morgan fingerprint density at radius 3 is 2.47 bits per heavy atom. The zero-order valence-electron chi connectivity index (χ0n) is 10.4. The molecule has 1 fully saturated rings. The highest BCUT2D eigenvalue weighted by Crippen LogP contribution is 2.23. The van der Waals surface area contributed by atoms with Gasteiger partial charge in [-0.3, -0.25) is 9.69 Å². The normalized spacial score (nSPS) is 17.8. The van der Waals surface area contributed by atoms with Gasteiger partial charge in [-0.05, 0) is 0 Å². The number of anilines is 1. The highest BCUT2D eigenvalue weighted by molar-refractivity contribution is 7.13. The molecule has 0 saturated carbocycles. The lowest BCUT2D eigenvalue weighted by atomic mass is 10.3. The maximum absolute atomic E-state index is 12.2. The number of hydrogen-bond donors (Lipinski definition) is 0. The van der Waals surface area contributed by atoms with Crippen molar-refractivity contribution in [1.29, 1.82) is 0 Å². The second-order valence-electron chi connectivity index (χ2n) is 4.45. The van der Waals surface area contributed by atoms with Gasteiger partial charge in [0.05, 0.1) is 6.54 Å². The first-order valence-corrected chi connectivity index (χ1v) is 6.73. The van der Waals surface area contributed by atoms with Crippen LogP contribution in [0.5, 0.6) is 0 Å². The molecule has 2 rings (SSSR count).